The van der Waals surface area contributed by atoms with Crippen LogP contribution in [0.4, 0.5) is 10.3 Å². The molecular weight excluding hydrogens is 269 g/mol. The van der Waals surface area contributed by atoms with Crippen LogP contribution in [-0.2, 0) is 12.0 Å². The Morgan fingerprint density at radius 2 is 1.86 bits per heavy atom. The van der Waals surface area contributed by atoms with Gasteiger partial charge in [0.1, 0.15) is 0 Å². The van der Waals surface area contributed by atoms with Gasteiger partial charge in [-0.15, -0.1) is 0 Å². The minimum atomic E-state index is -0.572. The molecule has 0 atom stereocenters. The van der Waals surface area contributed by atoms with Crippen LogP contribution in [0, 0.1) is 5.82 Å². The van der Waals surface area contributed by atoms with Crippen molar-refractivity contribution >= 4 is 5.95 Å². The van der Waals surface area contributed by atoms with Gasteiger partial charge in [-0.1, -0.05) is 45.0 Å². The van der Waals surface area contributed by atoms with Crippen molar-refractivity contribution in [2.75, 3.05) is 12.4 Å². The first-order valence-corrected chi connectivity index (χ1v) is 6.80. The molecule has 112 valence electrons. The molecule has 0 amide bonds. The van der Waals surface area contributed by atoms with E-state index in [1.54, 1.807) is 0 Å². The predicted octanol–water partition coefficient (Wildman–Crippen LogP) is 3.53. The molecule has 2 rings (SSSR count). The number of nitrogens with zero attached hydrogens (tertiary/aromatic N) is 2. The molecule has 2 aromatic rings. The molecule has 1 aromatic heterocycles. The lowest BCUT2D eigenvalue weighted by Crippen LogP contribution is -2.11. The van der Waals surface area contributed by atoms with Crippen molar-refractivity contribution in [1.82, 2.24) is 9.97 Å². The van der Waals surface area contributed by atoms with Gasteiger partial charge in [-0.25, -0.2) is 4.98 Å². The van der Waals surface area contributed by atoms with Crippen molar-refractivity contribution in [3.05, 3.63) is 47.4 Å². The summed E-state index contributed by atoms with van der Waals surface area (Å²) in [6.07, 6.45) is 1.09. The molecule has 0 aliphatic heterocycles. The van der Waals surface area contributed by atoms with Gasteiger partial charge < -0.3 is 10.1 Å². The van der Waals surface area contributed by atoms with Crippen molar-refractivity contribution in [2.24, 2.45) is 0 Å². The number of nitrogens with one attached hydrogen (secondary N) is 1. The maximum Gasteiger partial charge on any atom is 0.255 e. The molecule has 0 radical (unpaired) electrons. The molecule has 0 fully saturated rings. The molecule has 0 aliphatic carbocycles. The van der Waals surface area contributed by atoms with Crippen LogP contribution in [0.2, 0.25) is 0 Å². The van der Waals surface area contributed by atoms with E-state index in [1.165, 1.54) is 12.7 Å². The van der Waals surface area contributed by atoms with Crippen molar-refractivity contribution in [1.29, 1.82) is 0 Å². The van der Waals surface area contributed by atoms with Gasteiger partial charge in [-0.2, -0.15) is 9.37 Å². The van der Waals surface area contributed by atoms with Crippen LogP contribution in [0.25, 0.3) is 0 Å². The molecular formula is C16H20FN3O. The fraction of sp³-hybridized carbons (Fsp3) is 0.375. The highest BCUT2D eigenvalue weighted by Gasteiger charge is 2.12. The minimum absolute atomic E-state index is 0.0596. The lowest BCUT2D eigenvalue weighted by atomic mass is 9.87. The maximum absolute atomic E-state index is 13.2. The number of hydrogen-bond donors (Lipinski definition) is 1. The Morgan fingerprint density at radius 3 is 2.43 bits per heavy atom. The molecule has 0 unspecified atom stereocenters. The zero-order valence-corrected chi connectivity index (χ0v) is 12.8. The summed E-state index contributed by atoms with van der Waals surface area (Å²) < 4.78 is 18.0. The van der Waals surface area contributed by atoms with Gasteiger partial charge in [0.2, 0.25) is 11.8 Å². The SMILES string of the molecule is COc1nc(NCc2ccc(C(C)(C)C)cc2)ncc1F. The van der Waals surface area contributed by atoms with Gasteiger partial charge in [-0.3, -0.25) is 0 Å². The summed E-state index contributed by atoms with van der Waals surface area (Å²) in [7, 11) is 1.38. The molecule has 1 N–H and O–H groups in total. The van der Waals surface area contributed by atoms with Crippen LogP contribution in [0.5, 0.6) is 5.88 Å². The van der Waals surface area contributed by atoms with Crippen LogP contribution in [-0.4, -0.2) is 17.1 Å². The zero-order chi connectivity index (χ0) is 15.5. The molecule has 0 spiro atoms. The molecule has 21 heavy (non-hydrogen) atoms. The second-order valence-corrected chi connectivity index (χ2v) is 5.85. The summed E-state index contributed by atoms with van der Waals surface area (Å²) >= 11 is 0. The Morgan fingerprint density at radius 1 is 1.19 bits per heavy atom. The van der Waals surface area contributed by atoms with E-state index < -0.39 is 5.82 Å². The van der Waals surface area contributed by atoms with E-state index in [1.807, 2.05) is 0 Å². The number of aromatic nitrogens is 2. The summed E-state index contributed by atoms with van der Waals surface area (Å²) in [5.41, 5.74) is 2.53. The van der Waals surface area contributed by atoms with Crippen LogP contribution in [0.1, 0.15) is 31.9 Å². The third-order valence-corrected chi connectivity index (χ3v) is 3.18. The number of benzene rings is 1. The number of hydrogen-bond acceptors (Lipinski definition) is 4. The van der Waals surface area contributed by atoms with Crippen molar-refractivity contribution in [3.63, 3.8) is 0 Å². The van der Waals surface area contributed by atoms with Gasteiger partial charge in [0.25, 0.3) is 5.88 Å². The summed E-state index contributed by atoms with van der Waals surface area (Å²) in [4.78, 5) is 7.82. The predicted molar refractivity (Wildman–Crippen MR) is 81.0 cm³/mol. The Kier molecular flexibility index (Phi) is 4.40. The molecule has 5 heteroatoms. The lowest BCUT2D eigenvalue weighted by Gasteiger charge is -2.19. The van der Waals surface area contributed by atoms with Crippen LogP contribution < -0.4 is 10.1 Å². The normalized spacial score (nSPS) is 11.3. The van der Waals surface area contributed by atoms with Gasteiger partial charge >= 0.3 is 0 Å². The Bertz CT molecular complexity index is 606. The lowest BCUT2D eigenvalue weighted by molar-refractivity contribution is 0.368. The summed E-state index contributed by atoms with van der Waals surface area (Å²) in [6, 6.07) is 8.36. The number of methoxy groups -OCH3 is 1. The third-order valence-electron chi connectivity index (χ3n) is 3.18. The van der Waals surface area contributed by atoms with E-state index in [-0.39, 0.29) is 11.3 Å². The first-order valence-electron chi connectivity index (χ1n) is 6.80. The first-order chi connectivity index (χ1) is 9.90. The van der Waals surface area contributed by atoms with Crippen LogP contribution in [0.3, 0.4) is 0 Å². The molecule has 0 saturated heterocycles. The molecule has 1 aromatic carbocycles. The summed E-state index contributed by atoms with van der Waals surface area (Å²) in [5, 5.41) is 3.05. The zero-order valence-electron chi connectivity index (χ0n) is 12.8. The molecule has 0 aliphatic rings. The first kappa shape index (κ1) is 15.2. The third kappa shape index (κ3) is 3.90. The number of rotatable bonds is 4. The van der Waals surface area contributed by atoms with E-state index in [2.05, 4.69) is 60.3 Å². The maximum atomic E-state index is 13.2. The quantitative estimate of drug-likeness (QED) is 0.935. The highest BCUT2D eigenvalue weighted by Crippen LogP contribution is 2.22. The molecule has 4 nitrogen and oxygen atoms in total. The van der Waals surface area contributed by atoms with Crippen LogP contribution >= 0.6 is 0 Å². The van der Waals surface area contributed by atoms with Gasteiger partial charge in [0.15, 0.2) is 0 Å². The van der Waals surface area contributed by atoms with Gasteiger partial charge in [-0.05, 0) is 16.5 Å². The van der Waals surface area contributed by atoms with Crippen LogP contribution in [0.15, 0.2) is 30.5 Å². The highest BCUT2D eigenvalue weighted by atomic mass is 19.1. The number of ether oxygens (including phenoxy) is 1. The largest absolute Gasteiger partial charge is 0.479 e. The molecule has 0 bridgehead atoms. The fourth-order valence-electron chi connectivity index (χ4n) is 1.88. The van der Waals surface area contributed by atoms with Crippen molar-refractivity contribution < 1.29 is 9.13 Å². The topological polar surface area (TPSA) is 47.0 Å². The monoisotopic (exact) mass is 289 g/mol. The van der Waals surface area contributed by atoms with E-state index in [0.717, 1.165) is 11.8 Å². The van der Waals surface area contributed by atoms with Gasteiger partial charge in [0, 0.05) is 6.54 Å². The molecule has 1 heterocycles. The average molecular weight is 289 g/mol. The minimum Gasteiger partial charge on any atom is -0.479 e. The fourth-order valence-corrected chi connectivity index (χ4v) is 1.88. The van der Waals surface area contributed by atoms with Crippen molar-refractivity contribution in [3.8, 4) is 5.88 Å². The highest BCUT2D eigenvalue weighted by molar-refractivity contribution is 5.32. The van der Waals surface area contributed by atoms with E-state index in [9.17, 15) is 4.39 Å². The summed E-state index contributed by atoms with van der Waals surface area (Å²) in [5.74, 6) is -0.290. The second-order valence-electron chi connectivity index (χ2n) is 5.85. The van der Waals surface area contributed by atoms with Crippen molar-refractivity contribution in [2.45, 2.75) is 32.7 Å². The van der Waals surface area contributed by atoms with Gasteiger partial charge in [0.05, 0.1) is 13.3 Å². The van der Waals surface area contributed by atoms with E-state index in [0.29, 0.717) is 12.5 Å². The Hall–Kier alpha value is -2.17. The summed E-state index contributed by atoms with van der Waals surface area (Å²) in [6.45, 7) is 7.11. The average Bonchev–Trinajstić information content (AvgIpc) is 2.46. The Labute approximate surface area is 124 Å². The van der Waals surface area contributed by atoms with E-state index in [4.69, 9.17) is 4.74 Å². The Balaban J connectivity index is 2.03. The second kappa shape index (κ2) is 6.08. The number of anilines is 1. The smallest absolute Gasteiger partial charge is 0.255 e. The molecule has 0 saturated carbocycles. The standard InChI is InChI=1S/C16H20FN3O/c1-16(2,3)12-7-5-11(6-8-12)9-18-15-19-10-13(17)14(20-15)21-4/h5-8,10H,9H2,1-4H3,(H,18,19,20). The van der Waals surface area contributed by atoms with E-state index >= 15 is 0 Å². The number of halogens is 1.